The number of carbonyl (C=O) groups is 2. The normalized spacial score (nSPS) is 14.0. The Labute approximate surface area is 452 Å². The molecule has 0 spiro atoms. The van der Waals surface area contributed by atoms with E-state index >= 15 is 0 Å². The van der Waals surface area contributed by atoms with Crippen LogP contribution < -0.4 is 10.2 Å². The van der Waals surface area contributed by atoms with Gasteiger partial charge >= 0.3 is 5.97 Å². The van der Waals surface area contributed by atoms with Gasteiger partial charge in [0.15, 0.2) is 0 Å². The Hall–Kier alpha value is -2.03. The van der Waals surface area contributed by atoms with Crippen LogP contribution in [0.25, 0.3) is 0 Å². The van der Waals surface area contributed by atoms with E-state index in [0.29, 0.717) is 17.4 Å². The van der Waals surface area contributed by atoms with E-state index in [1.165, 1.54) is 167 Å². The second kappa shape index (κ2) is 53.4. The van der Waals surface area contributed by atoms with Crippen molar-refractivity contribution in [3.63, 3.8) is 0 Å². The molecule has 0 aromatic rings. The summed E-state index contributed by atoms with van der Waals surface area (Å²) in [6.45, 7) is 6.78. The summed E-state index contributed by atoms with van der Waals surface area (Å²) < 4.78 is 30.2. The first-order chi connectivity index (χ1) is 35.4. The van der Waals surface area contributed by atoms with Crippen molar-refractivity contribution < 1.29 is 37.3 Å². The van der Waals surface area contributed by atoms with E-state index in [9.17, 15) is 19.0 Å². The predicted molar refractivity (Wildman–Crippen MR) is 312 cm³/mol. The second-order valence-corrected chi connectivity index (χ2v) is 23.6. The fourth-order valence-electron chi connectivity index (χ4n) is 8.89. The van der Waals surface area contributed by atoms with Crippen LogP contribution in [0.15, 0.2) is 48.6 Å². The van der Waals surface area contributed by atoms with Gasteiger partial charge in [0.25, 0.3) is 7.82 Å². The van der Waals surface area contributed by atoms with Crippen molar-refractivity contribution in [2.75, 3.05) is 40.9 Å². The van der Waals surface area contributed by atoms with Gasteiger partial charge in [0, 0.05) is 12.8 Å². The van der Waals surface area contributed by atoms with Crippen molar-refractivity contribution in [2.45, 2.75) is 303 Å². The Morgan fingerprint density at radius 1 is 0.479 bits per heavy atom. The molecule has 0 rings (SSSR count). The minimum atomic E-state index is -4.69. The van der Waals surface area contributed by atoms with E-state index in [-0.39, 0.29) is 31.5 Å². The maximum absolute atomic E-state index is 13.5. The van der Waals surface area contributed by atoms with Crippen molar-refractivity contribution in [3.05, 3.63) is 48.6 Å². The lowest BCUT2D eigenvalue weighted by molar-refractivity contribution is -0.870. The minimum Gasteiger partial charge on any atom is -0.756 e. The molecule has 1 N–H and O–H groups in total. The van der Waals surface area contributed by atoms with Crippen LogP contribution in [0, 0.1) is 0 Å². The van der Waals surface area contributed by atoms with E-state index < -0.39 is 20.0 Å². The molecule has 0 aromatic heterocycles. The Bertz CT molecular complexity index is 1390. The van der Waals surface area contributed by atoms with Crippen LogP contribution in [0.1, 0.15) is 290 Å². The van der Waals surface area contributed by atoms with Crippen LogP contribution >= 0.6 is 7.82 Å². The molecule has 0 saturated carbocycles. The zero-order valence-corrected chi connectivity index (χ0v) is 49.7. The SMILES string of the molecule is CCCC/C=C\CCCCCCCC(=O)OC(/C=C\CCCCCCCCCCC)C(COP(=O)([O-])OCC[N+](C)(C)C)NC(=O)CCCCCCCCCCCCCCCCC/C=C\C/C=C\CCCCC. The summed E-state index contributed by atoms with van der Waals surface area (Å²) >= 11 is 0. The third-order valence-corrected chi connectivity index (χ3v) is 14.7. The molecule has 1 amide bonds. The average molecular weight is 1050 g/mol. The second-order valence-electron chi connectivity index (χ2n) is 22.2. The molecule has 9 nitrogen and oxygen atoms in total. The number of phosphoric ester groups is 1. The predicted octanol–water partition coefficient (Wildman–Crippen LogP) is 18.3. The zero-order chi connectivity index (χ0) is 53.6. The van der Waals surface area contributed by atoms with Crippen molar-refractivity contribution in [1.82, 2.24) is 5.32 Å². The molecule has 428 valence electrons. The monoisotopic (exact) mass is 1050 g/mol. The summed E-state index contributed by atoms with van der Waals surface area (Å²) in [5.41, 5.74) is 0. The highest BCUT2D eigenvalue weighted by Crippen LogP contribution is 2.38. The van der Waals surface area contributed by atoms with Gasteiger partial charge < -0.3 is 28.5 Å². The van der Waals surface area contributed by atoms with Crippen LogP contribution in [0.5, 0.6) is 0 Å². The van der Waals surface area contributed by atoms with E-state index in [1.54, 1.807) is 0 Å². The number of amides is 1. The molecule has 0 bridgehead atoms. The van der Waals surface area contributed by atoms with Crippen LogP contribution in [0.3, 0.4) is 0 Å². The zero-order valence-electron chi connectivity index (χ0n) is 48.8. The fraction of sp³-hybridized carbons (Fsp3) is 0.841. The Morgan fingerprint density at radius 2 is 0.849 bits per heavy atom. The third kappa shape index (κ3) is 54.6. The molecule has 0 aliphatic heterocycles. The van der Waals surface area contributed by atoms with E-state index in [0.717, 1.165) is 89.9 Å². The molecule has 0 aliphatic rings. The summed E-state index contributed by atoms with van der Waals surface area (Å²) in [5, 5.41) is 3.02. The lowest BCUT2D eigenvalue weighted by Crippen LogP contribution is -2.47. The Balaban J connectivity index is 5.02. The van der Waals surface area contributed by atoms with E-state index in [2.05, 4.69) is 62.5 Å². The number of hydrogen-bond acceptors (Lipinski definition) is 7. The van der Waals surface area contributed by atoms with Gasteiger partial charge in [-0.2, -0.15) is 0 Å². The number of carbonyl (C=O) groups excluding carboxylic acids is 2. The van der Waals surface area contributed by atoms with Crippen LogP contribution in [-0.2, 0) is 27.9 Å². The number of likely N-dealkylation sites (N-methyl/N-ethyl adjacent to an activating group) is 1. The first kappa shape index (κ1) is 71.0. The standard InChI is InChI=1S/C63H119N2O7P/c1-7-10-13-16-19-22-25-26-27-28-29-30-31-32-33-34-35-36-37-38-41-43-46-49-52-55-62(66)64-60(59-71-73(68,69)70-58-57-65(4,5)6)61(54-51-48-45-42-39-23-20-17-14-11-8-2)72-63(67)56-53-50-47-44-40-24-21-18-15-12-9-3/h18-19,21-22,26-27,51,54,60-61H,7-17,20,23-25,28-50,52-53,55-59H2,1-6H3,(H-,64,66,68,69)/b21-18-,22-19-,27-26-,54-51-. The van der Waals surface area contributed by atoms with Gasteiger partial charge in [0.2, 0.25) is 5.91 Å². The quantitative estimate of drug-likeness (QED) is 0.0212. The number of allylic oxidation sites excluding steroid dienone is 7. The molecule has 0 aliphatic carbocycles. The average Bonchev–Trinajstić information content (AvgIpc) is 3.35. The van der Waals surface area contributed by atoms with Gasteiger partial charge in [0.1, 0.15) is 19.3 Å². The van der Waals surface area contributed by atoms with Crippen molar-refractivity contribution in [1.29, 1.82) is 0 Å². The Morgan fingerprint density at radius 3 is 1.32 bits per heavy atom. The molecule has 3 atom stereocenters. The summed E-state index contributed by atoms with van der Waals surface area (Å²) in [6, 6.07) is -0.888. The van der Waals surface area contributed by atoms with E-state index in [1.807, 2.05) is 33.3 Å². The molecule has 3 unspecified atom stereocenters. The smallest absolute Gasteiger partial charge is 0.306 e. The van der Waals surface area contributed by atoms with Gasteiger partial charge in [-0.05, 0) is 83.1 Å². The minimum absolute atomic E-state index is 0.0228. The number of quaternary nitrogens is 1. The van der Waals surface area contributed by atoms with E-state index in [4.69, 9.17) is 13.8 Å². The van der Waals surface area contributed by atoms with Gasteiger partial charge in [-0.1, -0.05) is 243 Å². The molecule has 0 heterocycles. The van der Waals surface area contributed by atoms with Gasteiger partial charge in [-0.15, -0.1) is 0 Å². The molecule has 0 radical (unpaired) electrons. The number of unbranched alkanes of at least 4 members (excludes halogenated alkanes) is 34. The van der Waals surface area contributed by atoms with Crippen molar-refractivity contribution in [3.8, 4) is 0 Å². The number of phosphoric acid groups is 1. The number of hydrogen-bond donors (Lipinski definition) is 1. The lowest BCUT2D eigenvalue weighted by Gasteiger charge is -2.30. The summed E-state index contributed by atoms with van der Waals surface area (Å²) in [4.78, 5) is 39.8. The first-order valence-corrected chi connectivity index (χ1v) is 32.4. The largest absolute Gasteiger partial charge is 0.756 e. The molecule has 73 heavy (non-hydrogen) atoms. The molecule has 10 heteroatoms. The van der Waals surface area contributed by atoms with Gasteiger partial charge in [-0.3, -0.25) is 14.2 Å². The maximum atomic E-state index is 13.5. The first-order valence-electron chi connectivity index (χ1n) is 30.9. The number of esters is 1. The highest BCUT2D eigenvalue weighted by atomic mass is 31.2. The highest BCUT2D eigenvalue weighted by Gasteiger charge is 2.27. The topological polar surface area (TPSA) is 114 Å². The highest BCUT2D eigenvalue weighted by molar-refractivity contribution is 7.45. The maximum Gasteiger partial charge on any atom is 0.306 e. The summed E-state index contributed by atoms with van der Waals surface area (Å²) in [7, 11) is 1.19. The molecular weight excluding hydrogens is 928 g/mol. The van der Waals surface area contributed by atoms with Crippen LogP contribution in [0.2, 0.25) is 0 Å². The number of ether oxygens (including phenoxy) is 1. The van der Waals surface area contributed by atoms with Crippen LogP contribution in [0.4, 0.5) is 0 Å². The fourth-order valence-corrected chi connectivity index (χ4v) is 9.61. The molecule has 0 saturated heterocycles. The van der Waals surface area contributed by atoms with Crippen molar-refractivity contribution in [2.24, 2.45) is 0 Å². The van der Waals surface area contributed by atoms with Gasteiger partial charge in [-0.25, -0.2) is 0 Å². The number of rotatable bonds is 56. The number of nitrogens with zero attached hydrogens (tertiary/aromatic N) is 1. The molecule has 0 fully saturated rings. The molecule has 0 aromatic carbocycles. The van der Waals surface area contributed by atoms with Crippen LogP contribution in [-0.4, -0.2) is 69.4 Å². The Kier molecular flexibility index (Phi) is 51.9. The van der Waals surface area contributed by atoms with Crippen molar-refractivity contribution >= 4 is 19.7 Å². The number of nitrogens with one attached hydrogen (secondary N) is 1. The summed E-state index contributed by atoms with van der Waals surface area (Å²) in [5.74, 6) is -0.546. The van der Waals surface area contributed by atoms with Gasteiger partial charge in [0.05, 0.1) is 33.8 Å². The lowest BCUT2D eigenvalue weighted by atomic mass is 10.0. The summed E-state index contributed by atoms with van der Waals surface area (Å²) in [6.07, 6.45) is 65.2. The third-order valence-electron chi connectivity index (χ3n) is 13.7. The molecular formula is C63H119N2O7P.